The Morgan fingerprint density at radius 3 is 0.875 bits per heavy atom. The molecular formula is C10H29N3O3. The topological polar surface area (TPSA) is 139 Å². The van der Waals surface area contributed by atoms with Crippen LogP contribution in [0.5, 0.6) is 0 Å². The molecule has 0 saturated carbocycles. The highest BCUT2D eigenvalue weighted by Gasteiger charge is 1.75. The third kappa shape index (κ3) is 49.0. The third-order valence-electron chi connectivity index (χ3n) is 1.34. The Labute approximate surface area is 98.4 Å². The Hall–Kier alpha value is -0.240. The summed E-state index contributed by atoms with van der Waals surface area (Å²) >= 11 is 0. The molecule has 0 rings (SSSR count). The van der Waals surface area contributed by atoms with E-state index in [4.69, 9.17) is 32.5 Å². The van der Waals surface area contributed by atoms with Crippen LogP contribution in [0, 0.1) is 0 Å². The lowest BCUT2D eigenvalue weighted by Gasteiger charge is -1.87. The molecule has 102 valence electrons. The van der Waals surface area contributed by atoms with E-state index in [1.807, 2.05) is 0 Å². The van der Waals surface area contributed by atoms with Gasteiger partial charge < -0.3 is 32.5 Å². The van der Waals surface area contributed by atoms with E-state index >= 15 is 0 Å². The molecule has 0 heterocycles. The minimum Gasteiger partial charge on any atom is -0.396 e. The molecule has 0 aromatic carbocycles. The number of hydrogen-bond acceptors (Lipinski definition) is 6. The maximum absolute atomic E-state index is 7.99. The van der Waals surface area contributed by atoms with Crippen molar-refractivity contribution >= 4 is 0 Å². The van der Waals surface area contributed by atoms with Crippen LogP contribution in [0.4, 0.5) is 0 Å². The fourth-order valence-corrected chi connectivity index (χ4v) is 0.451. The van der Waals surface area contributed by atoms with Crippen molar-refractivity contribution in [2.45, 2.75) is 25.7 Å². The Bertz CT molecular complexity index is 73.7. The van der Waals surface area contributed by atoms with Crippen LogP contribution in [0.2, 0.25) is 0 Å². The number of hydrogen-bond donors (Lipinski definition) is 6. The molecule has 16 heavy (non-hydrogen) atoms. The summed E-state index contributed by atoms with van der Waals surface area (Å²) in [6, 6.07) is 0. The van der Waals surface area contributed by atoms with Gasteiger partial charge in [0.25, 0.3) is 0 Å². The molecule has 0 aliphatic rings. The van der Waals surface area contributed by atoms with Crippen molar-refractivity contribution < 1.29 is 15.3 Å². The van der Waals surface area contributed by atoms with E-state index in [-0.39, 0.29) is 19.8 Å². The lowest BCUT2D eigenvalue weighted by molar-refractivity contribution is 0.221. The van der Waals surface area contributed by atoms with Crippen molar-refractivity contribution in [2.24, 2.45) is 17.2 Å². The van der Waals surface area contributed by atoms with Crippen LogP contribution >= 0.6 is 0 Å². The van der Waals surface area contributed by atoms with E-state index in [0.717, 1.165) is 32.4 Å². The zero-order valence-electron chi connectivity index (χ0n) is 10.1. The van der Waals surface area contributed by atoms with Crippen molar-refractivity contribution in [1.29, 1.82) is 0 Å². The Morgan fingerprint density at radius 1 is 0.500 bits per heavy atom. The lowest BCUT2D eigenvalue weighted by Crippen LogP contribution is -2.03. The number of aliphatic hydroxyl groups excluding tert-OH is 3. The summed E-state index contributed by atoms with van der Waals surface area (Å²) in [5, 5.41) is 23.8. The molecule has 0 amide bonds. The van der Waals surface area contributed by atoms with E-state index < -0.39 is 0 Å². The molecule has 0 aliphatic carbocycles. The maximum atomic E-state index is 7.99. The molecule has 0 bridgehead atoms. The lowest BCUT2D eigenvalue weighted by atomic mass is 10.3. The summed E-state index contributed by atoms with van der Waals surface area (Å²) in [4.78, 5) is 0. The molecule has 0 aliphatic heterocycles. The van der Waals surface area contributed by atoms with Crippen molar-refractivity contribution in [3.63, 3.8) is 0 Å². The van der Waals surface area contributed by atoms with E-state index in [1.54, 1.807) is 0 Å². The summed E-state index contributed by atoms with van der Waals surface area (Å²) in [7, 11) is 0. The van der Waals surface area contributed by atoms with Gasteiger partial charge in [0, 0.05) is 19.8 Å². The summed E-state index contributed by atoms with van der Waals surface area (Å²) in [5.74, 6) is 0. The second-order valence-electron chi connectivity index (χ2n) is 2.95. The molecule has 0 unspecified atom stereocenters. The second-order valence-corrected chi connectivity index (χ2v) is 2.95. The van der Waals surface area contributed by atoms with Gasteiger partial charge in [-0.2, -0.15) is 0 Å². The first-order valence-corrected chi connectivity index (χ1v) is 5.67. The zero-order chi connectivity index (χ0) is 13.1. The maximum Gasteiger partial charge on any atom is 0.0452 e. The van der Waals surface area contributed by atoms with E-state index in [1.165, 1.54) is 0 Å². The fourth-order valence-electron chi connectivity index (χ4n) is 0.451. The fraction of sp³-hybridized carbons (Fsp3) is 1.00. The first-order chi connectivity index (χ1) is 7.74. The third-order valence-corrected chi connectivity index (χ3v) is 1.34. The summed E-state index contributed by atoms with van der Waals surface area (Å²) in [6.45, 7) is 2.55. The van der Waals surface area contributed by atoms with Crippen molar-refractivity contribution in [3.8, 4) is 0 Å². The quantitative estimate of drug-likeness (QED) is 0.295. The highest BCUT2D eigenvalue weighted by atomic mass is 16.3. The van der Waals surface area contributed by atoms with E-state index in [2.05, 4.69) is 0 Å². The smallest absolute Gasteiger partial charge is 0.0452 e. The van der Waals surface area contributed by atoms with Gasteiger partial charge in [-0.05, 0) is 45.3 Å². The number of aliphatic hydroxyl groups is 3. The van der Waals surface area contributed by atoms with Crippen LogP contribution in [-0.4, -0.2) is 54.8 Å². The van der Waals surface area contributed by atoms with Crippen LogP contribution in [0.1, 0.15) is 25.7 Å². The van der Waals surface area contributed by atoms with Gasteiger partial charge in [-0.3, -0.25) is 0 Å². The van der Waals surface area contributed by atoms with Gasteiger partial charge in [-0.1, -0.05) is 0 Å². The Balaban J connectivity index is -0.000000160. The Morgan fingerprint density at radius 2 is 0.812 bits per heavy atom. The molecular weight excluding hydrogens is 210 g/mol. The van der Waals surface area contributed by atoms with Crippen LogP contribution in [0.15, 0.2) is 0 Å². The summed E-state index contributed by atoms with van der Waals surface area (Å²) in [5.41, 5.74) is 15.3. The van der Waals surface area contributed by atoms with Gasteiger partial charge in [0.1, 0.15) is 0 Å². The molecule has 0 radical (unpaired) electrons. The van der Waals surface area contributed by atoms with Gasteiger partial charge in [-0.25, -0.2) is 0 Å². The highest BCUT2D eigenvalue weighted by molar-refractivity contribution is 4.38. The molecule has 0 aromatic heterocycles. The molecule has 0 aromatic rings. The van der Waals surface area contributed by atoms with Crippen molar-refractivity contribution in [3.05, 3.63) is 0 Å². The molecule has 6 heteroatoms. The monoisotopic (exact) mass is 239 g/mol. The summed E-state index contributed by atoms with van der Waals surface area (Å²) in [6.07, 6.45) is 3.35. The molecule has 0 fully saturated rings. The molecule has 6 nitrogen and oxygen atoms in total. The zero-order valence-corrected chi connectivity index (χ0v) is 10.1. The van der Waals surface area contributed by atoms with Crippen LogP contribution in [0.3, 0.4) is 0 Å². The minimum atomic E-state index is 0.0938. The molecule has 0 atom stereocenters. The average molecular weight is 239 g/mol. The van der Waals surface area contributed by atoms with E-state index in [0.29, 0.717) is 13.0 Å². The van der Waals surface area contributed by atoms with Gasteiger partial charge in [0.15, 0.2) is 0 Å². The molecule has 0 spiro atoms. The van der Waals surface area contributed by atoms with Crippen molar-refractivity contribution in [1.82, 2.24) is 0 Å². The Kier molecular flexibility index (Phi) is 38.7. The van der Waals surface area contributed by atoms with Crippen LogP contribution in [-0.2, 0) is 0 Å². The van der Waals surface area contributed by atoms with Gasteiger partial charge in [-0.15, -0.1) is 0 Å². The minimum absolute atomic E-state index is 0.0938. The number of nitrogens with two attached hydrogens (primary N) is 3. The van der Waals surface area contributed by atoms with Gasteiger partial charge >= 0.3 is 0 Å². The first-order valence-electron chi connectivity index (χ1n) is 5.67. The van der Waals surface area contributed by atoms with Crippen LogP contribution in [0.25, 0.3) is 0 Å². The first kappa shape index (κ1) is 21.1. The predicted octanol–water partition coefficient (Wildman–Crippen LogP) is -1.63. The number of unbranched alkanes of at least 4 members (excludes halogenated alkanes) is 1. The van der Waals surface area contributed by atoms with Crippen molar-refractivity contribution in [2.75, 3.05) is 39.5 Å². The summed E-state index contributed by atoms with van der Waals surface area (Å²) < 4.78 is 0. The predicted molar refractivity (Wildman–Crippen MR) is 66.9 cm³/mol. The van der Waals surface area contributed by atoms with Gasteiger partial charge in [0.05, 0.1) is 0 Å². The number of rotatable bonds is 7. The SMILES string of the molecule is NCCCCN.NCCCO.OCCCO. The van der Waals surface area contributed by atoms with Crippen LogP contribution < -0.4 is 17.2 Å². The largest absolute Gasteiger partial charge is 0.396 e. The normalized spacial score (nSPS) is 8.62. The van der Waals surface area contributed by atoms with Gasteiger partial charge in [0.2, 0.25) is 0 Å². The standard InChI is InChI=1S/C4H12N2.C3H9NO.C3H8O2/c5-3-1-2-4-6;2*4-2-1-3-5/h1-6H2;5H,1-4H2;4-5H,1-3H2. The van der Waals surface area contributed by atoms with E-state index in [9.17, 15) is 0 Å². The second kappa shape index (κ2) is 29.3. The highest BCUT2D eigenvalue weighted by Crippen LogP contribution is 1.77. The molecule has 9 N–H and O–H groups in total. The average Bonchev–Trinajstić information content (AvgIpc) is 2.30. The molecule has 0 saturated heterocycles.